The summed E-state index contributed by atoms with van der Waals surface area (Å²) in [5.41, 5.74) is 3.55. The summed E-state index contributed by atoms with van der Waals surface area (Å²) in [7, 11) is 1.95. The van der Waals surface area contributed by atoms with Gasteiger partial charge in [0.2, 0.25) is 0 Å². The van der Waals surface area contributed by atoms with Gasteiger partial charge in [0.15, 0.2) is 0 Å². The SMILES string of the molecule is Cn1ncc2cc(-c3ccc(C4=NC5(CCOCC5)C(=O)N4CC4CN(C(=O)N5CCCC5)C4)cc3)ccc21. The molecular weight excluding hydrogens is 492 g/mol. The largest absolute Gasteiger partial charge is 0.381 e. The van der Waals surface area contributed by atoms with Gasteiger partial charge in [-0.2, -0.15) is 5.10 Å². The minimum Gasteiger partial charge on any atom is -0.381 e. The van der Waals surface area contributed by atoms with Crippen molar-refractivity contribution in [2.75, 3.05) is 45.9 Å². The highest BCUT2D eigenvalue weighted by molar-refractivity contribution is 6.15. The number of fused-ring (bicyclic) bond motifs is 1. The number of likely N-dealkylation sites (tertiary alicyclic amines) is 2. The number of amides is 3. The second-order valence-corrected chi connectivity index (χ2v) is 11.4. The van der Waals surface area contributed by atoms with E-state index in [0.717, 1.165) is 59.4 Å². The van der Waals surface area contributed by atoms with E-state index < -0.39 is 5.54 Å². The molecule has 3 saturated heterocycles. The molecule has 1 spiro atoms. The van der Waals surface area contributed by atoms with E-state index in [-0.39, 0.29) is 17.9 Å². The van der Waals surface area contributed by atoms with E-state index in [1.807, 2.05) is 32.6 Å². The Morgan fingerprint density at radius 2 is 1.67 bits per heavy atom. The van der Waals surface area contributed by atoms with Gasteiger partial charge in [0, 0.05) is 82.7 Å². The average Bonchev–Trinajstić information content (AvgIpc) is 3.67. The predicted molar refractivity (Wildman–Crippen MR) is 148 cm³/mol. The van der Waals surface area contributed by atoms with Gasteiger partial charge in [0.25, 0.3) is 5.91 Å². The third-order valence-electron chi connectivity index (χ3n) is 8.81. The molecule has 0 N–H and O–H groups in total. The third-order valence-corrected chi connectivity index (χ3v) is 8.81. The van der Waals surface area contributed by atoms with Crippen LogP contribution in [0.1, 0.15) is 31.2 Å². The van der Waals surface area contributed by atoms with E-state index in [2.05, 4.69) is 47.6 Å². The lowest BCUT2D eigenvalue weighted by Gasteiger charge is -2.43. The number of carbonyl (C=O) groups is 2. The molecule has 9 nitrogen and oxygen atoms in total. The number of benzene rings is 2. The molecular formula is C30H34N6O3. The van der Waals surface area contributed by atoms with Crippen LogP contribution in [0.4, 0.5) is 4.79 Å². The molecule has 0 bridgehead atoms. The normalized spacial score (nSPS) is 21.2. The number of ether oxygens (including phenoxy) is 1. The lowest BCUT2D eigenvalue weighted by Crippen LogP contribution is -2.58. The molecule has 202 valence electrons. The minimum absolute atomic E-state index is 0.0798. The maximum atomic E-state index is 13.8. The molecule has 0 aliphatic carbocycles. The highest BCUT2D eigenvalue weighted by Gasteiger charge is 2.50. The van der Waals surface area contributed by atoms with E-state index >= 15 is 0 Å². The molecule has 3 fully saturated rings. The van der Waals surface area contributed by atoms with E-state index in [4.69, 9.17) is 9.73 Å². The Morgan fingerprint density at radius 3 is 2.41 bits per heavy atom. The van der Waals surface area contributed by atoms with Crippen molar-refractivity contribution in [1.29, 1.82) is 0 Å². The zero-order valence-corrected chi connectivity index (χ0v) is 22.4. The van der Waals surface area contributed by atoms with Crippen molar-refractivity contribution in [3.8, 4) is 11.1 Å². The van der Waals surface area contributed by atoms with Crippen LogP contribution in [0, 0.1) is 5.92 Å². The van der Waals surface area contributed by atoms with Crippen LogP contribution in [0.5, 0.6) is 0 Å². The highest BCUT2D eigenvalue weighted by Crippen LogP contribution is 2.36. The molecule has 39 heavy (non-hydrogen) atoms. The van der Waals surface area contributed by atoms with Crippen LogP contribution in [0.2, 0.25) is 0 Å². The van der Waals surface area contributed by atoms with Gasteiger partial charge in [-0.05, 0) is 36.1 Å². The summed E-state index contributed by atoms with van der Waals surface area (Å²) in [6, 6.07) is 14.9. The number of aromatic nitrogens is 2. The van der Waals surface area contributed by atoms with E-state index in [9.17, 15) is 9.59 Å². The Bertz CT molecular complexity index is 1440. The molecule has 4 aliphatic heterocycles. The smallest absolute Gasteiger partial charge is 0.320 e. The van der Waals surface area contributed by atoms with Gasteiger partial charge in [-0.15, -0.1) is 0 Å². The molecule has 2 aromatic carbocycles. The Hall–Kier alpha value is -3.72. The van der Waals surface area contributed by atoms with Gasteiger partial charge >= 0.3 is 6.03 Å². The van der Waals surface area contributed by atoms with Crippen LogP contribution in [-0.4, -0.2) is 93.7 Å². The van der Waals surface area contributed by atoms with Gasteiger partial charge in [0.05, 0.1) is 11.7 Å². The predicted octanol–water partition coefficient (Wildman–Crippen LogP) is 3.53. The van der Waals surface area contributed by atoms with Crippen molar-refractivity contribution in [2.24, 2.45) is 18.0 Å². The summed E-state index contributed by atoms with van der Waals surface area (Å²) in [6.07, 6.45) is 5.29. The van der Waals surface area contributed by atoms with Crippen molar-refractivity contribution in [3.63, 3.8) is 0 Å². The Kier molecular flexibility index (Phi) is 5.91. The number of nitrogens with zero attached hydrogens (tertiary/aromatic N) is 6. The fraction of sp³-hybridized carbons (Fsp3) is 0.467. The zero-order chi connectivity index (χ0) is 26.6. The maximum Gasteiger partial charge on any atom is 0.320 e. The lowest BCUT2D eigenvalue weighted by atomic mass is 9.90. The number of hydrogen-bond donors (Lipinski definition) is 0. The molecule has 9 heteroatoms. The molecule has 5 heterocycles. The van der Waals surface area contributed by atoms with Crippen LogP contribution >= 0.6 is 0 Å². The first-order chi connectivity index (χ1) is 19.0. The van der Waals surface area contributed by atoms with Crippen LogP contribution in [0.3, 0.4) is 0 Å². The molecule has 7 rings (SSSR count). The number of aliphatic imine (C=N–C) groups is 1. The second kappa shape index (κ2) is 9.48. The standard InChI is InChI=1S/C30H34N6O3/c1-33-26-9-8-24(16-25(26)17-31-33)22-4-6-23(7-5-22)27-32-30(10-14-39-15-11-30)28(37)36(27)20-21-18-35(19-21)29(38)34-12-2-3-13-34/h4-9,16-17,21H,2-3,10-15,18-20H2,1H3. The monoisotopic (exact) mass is 526 g/mol. The van der Waals surface area contributed by atoms with Gasteiger partial charge < -0.3 is 14.5 Å². The Labute approximate surface area is 228 Å². The number of aryl methyl sites for hydroxylation is 1. The van der Waals surface area contributed by atoms with Crippen LogP contribution in [0.15, 0.2) is 53.7 Å². The van der Waals surface area contributed by atoms with Crippen molar-refractivity contribution in [3.05, 3.63) is 54.2 Å². The first-order valence-electron chi connectivity index (χ1n) is 14.1. The van der Waals surface area contributed by atoms with Crippen molar-refractivity contribution in [1.82, 2.24) is 24.5 Å². The molecule has 0 saturated carbocycles. The van der Waals surface area contributed by atoms with E-state index in [0.29, 0.717) is 45.7 Å². The fourth-order valence-corrected chi connectivity index (χ4v) is 6.45. The van der Waals surface area contributed by atoms with Gasteiger partial charge in [-0.1, -0.05) is 30.3 Å². The molecule has 1 aromatic heterocycles. The number of carbonyl (C=O) groups excluding carboxylic acids is 2. The van der Waals surface area contributed by atoms with Gasteiger partial charge in [0.1, 0.15) is 11.4 Å². The first kappa shape index (κ1) is 24.3. The summed E-state index contributed by atoms with van der Waals surface area (Å²) >= 11 is 0. The van der Waals surface area contributed by atoms with Crippen LogP contribution in [0.25, 0.3) is 22.0 Å². The lowest BCUT2D eigenvalue weighted by molar-refractivity contribution is -0.135. The molecule has 0 atom stereocenters. The second-order valence-electron chi connectivity index (χ2n) is 11.4. The number of amidine groups is 1. The topological polar surface area (TPSA) is 83.3 Å². The number of hydrogen-bond acceptors (Lipinski definition) is 5. The first-order valence-corrected chi connectivity index (χ1v) is 14.1. The number of urea groups is 1. The van der Waals surface area contributed by atoms with Crippen LogP contribution in [-0.2, 0) is 16.6 Å². The van der Waals surface area contributed by atoms with Crippen LogP contribution < -0.4 is 0 Å². The van der Waals surface area contributed by atoms with Crippen molar-refractivity contribution < 1.29 is 14.3 Å². The van der Waals surface area contributed by atoms with E-state index in [1.165, 1.54) is 0 Å². The maximum absolute atomic E-state index is 13.8. The van der Waals surface area contributed by atoms with Gasteiger partial charge in [-0.3, -0.25) is 19.4 Å². The summed E-state index contributed by atoms with van der Waals surface area (Å²) < 4.78 is 7.46. The minimum atomic E-state index is -0.730. The summed E-state index contributed by atoms with van der Waals surface area (Å²) in [5.74, 6) is 1.09. The van der Waals surface area contributed by atoms with Gasteiger partial charge in [-0.25, -0.2) is 4.79 Å². The molecule has 0 radical (unpaired) electrons. The molecule has 4 aliphatic rings. The number of rotatable bonds is 4. The molecule has 0 unspecified atom stereocenters. The van der Waals surface area contributed by atoms with E-state index in [1.54, 1.807) is 0 Å². The summed E-state index contributed by atoms with van der Waals surface area (Å²) in [5, 5.41) is 5.46. The summed E-state index contributed by atoms with van der Waals surface area (Å²) in [6.45, 7) is 4.79. The van der Waals surface area contributed by atoms with Crippen molar-refractivity contribution in [2.45, 2.75) is 31.2 Å². The Morgan fingerprint density at radius 1 is 0.974 bits per heavy atom. The third kappa shape index (κ3) is 4.19. The zero-order valence-electron chi connectivity index (χ0n) is 22.4. The van der Waals surface area contributed by atoms with Crippen molar-refractivity contribution >= 4 is 28.7 Å². The summed E-state index contributed by atoms with van der Waals surface area (Å²) in [4.78, 5) is 37.5. The average molecular weight is 527 g/mol. The highest BCUT2D eigenvalue weighted by atomic mass is 16.5. The Balaban J connectivity index is 1.12. The quantitative estimate of drug-likeness (QED) is 0.521. The fourth-order valence-electron chi connectivity index (χ4n) is 6.45. The molecule has 3 amide bonds. The molecule has 3 aromatic rings.